The Morgan fingerprint density at radius 2 is 1.83 bits per heavy atom. The second kappa shape index (κ2) is 8.75. The van der Waals surface area contributed by atoms with Crippen LogP contribution >= 0.6 is 0 Å². The molecule has 1 aromatic carbocycles. The maximum absolute atomic E-state index is 12.6. The van der Waals surface area contributed by atoms with Gasteiger partial charge >= 0.3 is 11.7 Å². The fourth-order valence-electron chi connectivity index (χ4n) is 3.12. The van der Waals surface area contributed by atoms with Crippen molar-refractivity contribution in [3.8, 4) is 0 Å². The van der Waals surface area contributed by atoms with Crippen molar-refractivity contribution in [1.82, 2.24) is 14.5 Å². The van der Waals surface area contributed by atoms with Crippen molar-refractivity contribution in [2.45, 2.75) is 31.3 Å². The molecule has 30 heavy (non-hydrogen) atoms. The second-order valence-corrected chi connectivity index (χ2v) is 9.93. The molecule has 1 fully saturated rings. The highest BCUT2D eigenvalue weighted by atomic mass is 32.2. The summed E-state index contributed by atoms with van der Waals surface area (Å²) in [4.78, 5) is 27.2. The average Bonchev–Trinajstić information content (AvgIpc) is 2.66. The van der Waals surface area contributed by atoms with Gasteiger partial charge in [0.25, 0.3) is 0 Å². The minimum atomic E-state index is -3.69. The average molecular weight is 438 g/mol. The number of benzene rings is 1. The molecule has 9 nitrogen and oxygen atoms in total. The summed E-state index contributed by atoms with van der Waals surface area (Å²) in [7, 11) is -3.69. The lowest BCUT2D eigenvalue weighted by Gasteiger charge is -2.35. The molecular weight excluding hydrogens is 410 g/mol. The number of sulfonamides is 1. The minimum Gasteiger partial charge on any atom is -0.444 e. The lowest BCUT2D eigenvalue weighted by molar-refractivity contribution is 0.0147. The van der Waals surface area contributed by atoms with Gasteiger partial charge in [-0.15, -0.1) is 0 Å². The summed E-state index contributed by atoms with van der Waals surface area (Å²) < 4.78 is 38.1. The van der Waals surface area contributed by atoms with Crippen LogP contribution in [0.4, 0.5) is 4.79 Å². The summed E-state index contributed by atoms with van der Waals surface area (Å²) >= 11 is 0. The van der Waals surface area contributed by atoms with Crippen molar-refractivity contribution in [2.75, 3.05) is 39.3 Å². The zero-order valence-electron chi connectivity index (χ0n) is 17.4. The van der Waals surface area contributed by atoms with E-state index in [-0.39, 0.29) is 17.5 Å². The number of hydrogen-bond donors (Lipinski definition) is 1. The number of nitrogens with zero attached hydrogens (tertiary/aromatic N) is 2. The predicted octanol–water partition coefficient (Wildman–Crippen LogP) is 1.62. The van der Waals surface area contributed by atoms with Gasteiger partial charge in [0.2, 0.25) is 10.0 Å². The second-order valence-electron chi connectivity index (χ2n) is 8.16. The molecule has 0 unspecified atom stereocenters. The highest BCUT2D eigenvalue weighted by Gasteiger charge is 2.26. The minimum absolute atomic E-state index is 0.110. The Morgan fingerprint density at radius 1 is 1.13 bits per heavy atom. The van der Waals surface area contributed by atoms with E-state index in [9.17, 15) is 18.0 Å². The van der Waals surface area contributed by atoms with Gasteiger partial charge < -0.3 is 14.1 Å². The number of carbonyl (C=O) groups is 1. The number of carbonyl (C=O) groups excluding carboxylic acids is 1. The number of piperazine rings is 1. The topological polar surface area (TPSA) is 109 Å². The van der Waals surface area contributed by atoms with Crippen molar-refractivity contribution in [3.63, 3.8) is 0 Å². The highest BCUT2D eigenvalue weighted by molar-refractivity contribution is 7.89. The maximum atomic E-state index is 12.6. The van der Waals surface area contributed by atoms with Gasteiger partial charge in [0.15, 0.2) is 0 Å². The molecule has 0 saturated carbocycles. The first-order chi connectivity index (χ1) is 14.0. The van der Waals surface area contributed by atoms with E-state index in [4.69, 9.17) is 9.15 Å². The SMILES string of the molecule is CC(C)(C)OC(=O)N1CCN(CCNS(=O)(=O)c2ccc3oc(=O)ccc3c2)CC1. The van der Waals surface area contributed by atoms with Crippen LogP contribution in [0.1, 0.15) is 20.8 Å². The molecule has 2 heterocycles. The molecule has 1 aliphatic rings. The number of amides is 1. The number of ether oxygens (including phenoxy) is 1. The number of rotatable bonds is 5. The van der Waals surface area contributed by atoms with Crippen molar-refractivity contribution < 1.29 is 22.4 Å². The maximum Gasteiger partial charge on any atom is 0.410 e. The standard InChI is InChI=1S/C20H27N3O6S/c1-20(2,3)29-19(25)23-12-10-22(11-13-23)9-8-21-30(26,27)16-5-6-17-15(14-16)4-7-18(24)28-17/h4-7,14,21H,8-13H2,1-3H3. The molecule has 0 atom stereocenters. The van der Waals surface area contributed by atoms with Crippen LogP contribution in [0, 0.1) is 0 Å². The number of hydrogen-bond acceptors (Lipinski definition) is 7. The summed E-state index contributed by atoms with van der Waals surface area (Å²) in [6.45, 7) is 8.65. The van der Waals surface area contributed by atoms with Crippen molar-refractivity contribution in [3.05, 3.63) is 40.8 Å². The third kappa shape index (κ3) is 5.80. The van der Waals surface area contributed by atoms with Crippen LogP contribution in [0.15, 0.2) is 44.4 Å². The zero-order chi connectivity index (χ0) is 21.9. The molecule has 3 rings (SSSR count). The van der Waals surface area contributed by atoms with E-state index in [1.165, 1.54) is 30.3 Å². The van der Waals surface area contributed by atoms with E-state index < -0.39 is 21.2 Å². The summed E-state index contributed by atoms with van der Waals surface area (Å²) in [5.74, 6) is 0. The summed E-state index contributed by atoms with van der Waals surface area (Å²) in [6.07, 6.45) is -0.324. The molecule has 0 radical (unpaired) electrons. The number of fused-ring (bicyclic) bond motifs is 1. The van der Waals surface area contributed by atoms with E-state index >= 15 is 0 Å². The Hall–Kier alpha value is -2.43. The van der Waals surface area contributed by atoms with Crippen LogP contribution < -0.4 is 10.3 Å². The molecule has 1 amide bonds. The van der Waals surface area contributed by atoms with Gasteiger partial charge in [-0.05, 0) is 45.0 Å². The monoisotopic (exact) mass is 437 g/mol. The molecule has 1 aromatic heterocycles. The van der Waals surface area contributed by atoms with E-state index in [1.54, 1.807) is 4.90 Å². The van der Waals surface area contributed by atoms with Gasteiger partial charge in [0.1, 0.15) is 11.2 Å². The Bertz CT molecular complexity index is 1070. The zero-order valence-corrected chi connectivity index (χ0v) is 18.2. The third-order valence-electron chi connectivity index (χ3n) is 4.65. The third-order valence-corrected chi connectivity index (χ3v) is 6.10. The molecule has 2 aromatic rings. The van der Waals surface area contributed by atoms with Crippen molar-refractivity contribution in [1.29, 1.82) is 0 Å². The van der Waals surface area contributed by atoms with Crippen LogP contribution in [0.2, 0.25) is 0 Å². The fourth-order valence-corrected chi connectivity index (χ4v) is 4.18. The first kappa shape index (κ1) is 22.3. The fraction of sp³-hybridized carbons (Fsp3) is 0.500. The van der Waals surface area contributed by atoms with E-state index in [0.29, 0.717) is 43.7 Å². The molecular formula is C20H27N3O6S. The van der Waals surface area contributed by atoms with E-state index in [0.717, 1.165) is 0 Å². The predicted molar refractivity (Wildman–Crippen MR) is 112 cm³/mol. The Kier molecular flexibility index (Phi) is 6.49. The molecule has 164 valence electrons. The molecule has 1 aliphatic heterocycles. The lowest BCUT2D eigenvalue weighted by Crippen LogP contribution is -2.51. The van der Waals surface area contributed by atoms with Gasteiger partial charge in [-0.3, -0.25) is 4.90 Å². The van der Waals surface area contributed by atoms with Crippen LogP contribution in [-0.4, -0.2) is 69.2 Å². The largest absolute Gasteiger partial charge is 0.444 e. The molecule has 10 heteroatoms. The molecule has 1 N–H and O–H groups in total. The first-order valence-electron chi connectivity index (χ1n) is 9.77. The smallest absolute Gasteiger partial charge is 0.410 e. The van der Waals surface area contributed by atoms with Crippen molar-refractivity contribution >= 4 is 27.1 Å². The first-order valence-corrected chi connectivity index (χ1v) is 11.3. The summed E-state index contributed by atoms with van der Waals surface area (Å²) in [5, 5.41) is 0.538. The molecule has 0 spiro atoms. The van der Waals surface area contributed by atoms with E-state index in [2.05, 4.69) is 9.62 Å². The van der Waals surface area contributed by atoms with Gasteiger partial charge in [0.05, 0.1) is 4.90 Å². The summed E-state index contributed by atoms with van der Waals surface area (Å²) in [6, 6.07) is 7.14. The quantitative estimate of drug-likeness (QED) is 0.708. The Morgan fingerprint density at radius 3 is 2.50 bits per heavy atom. The van der Waals surface area contributed by atoms with Crippen molar-refractivity contribution in [2.24, 2.45) is 0 Å². The molecule has 0 bridgehead atoms. The van der Waals surface area contributed by atoms with Gasteiger partial charge in [-0.25, -0.2) is 22.7 Å². The van der Waals surface area contributed by atoms with Crippen LogP contribution in [0.5, 0.6) is 0 Å². The molecule has 1 saturated heterocycles. The summed E-state index contributed by atoms with van der Waals surface area (Å²) in [5.41, 5.74) is -0.673. The van der Waals surface area contributed by atoms with Gasteiger partial charge in [0, 0.05) is 50.7 Å². The molecule has 0 aliphatic carbocycles. The number of nitrogens with one attached hydrogen (secondary N) is 1. The highest BCUT2D eigenvalue weighted by Crippen LogP contribution is 2.17. The Labute approximate surface area is 175 Å². The van der Waals surface area contributed by atoms with Crippen LogP contribution in [-0.2, 0) is 14.8 Å². The lowest BCUT2D eigenvalue weighted by atomic mass is 10.2. The van der Waals surface area contributed by atoms with Gasteiger partial charge in [-0.1, -0.05) is 0 Å². The van der Waals surface area contributed by atoms with E-state index in [1.807, 2.05) is 20.8 Å². The van der Waals surface area contributed by atoms with Crippen LogP contribution in [0.3, 0.4) is 0 Å². The Balaban J connectivity index is 1.50. The van der Waals surface area contributed by atoms with Crippen LogP contribution in [0.25, 0.3) is 11.0 Å². The van der Waals surface area contributed by atoms with Gasteiger partial charge in [-0.2, -0.15) is 0 Å². The normalized spacial score (nSPS) is 16.0.